The fourth-order valence-corrected chi connectivity index (χ4v) is 4.79. The Hall–Kier alpha value is -1.85. The van der Waals surface area contributed by atoms with Gasteiger partial charge in [-0.25, -0.2) is 0 Å². The second-order valence-electron chi connectivity index (χ2n) is 7.36. The van der Waals surface area contributed by atoms with E-state index in [1.165, 1.54) is 11.1 Å². The zero-order valence-corrected chi connectivity index (χ0v) is 17.2. The van der Waals surface area contributed by atoms with Crippen LogP contribution in [0.4, 0.5) is 0 Å². The average Bonchev–Trinajstić information content (AvgIpc) is 2.73. The molecule has 0 aromatic heterocycles. The van der Waals surface area contributed by atoms with Crippen molar-refractivity contribution in [1.29, 1.82) is 0 Å². The summed E-state index contributed by atoms with van der Waals surface area (Å²) in [5.41, 5.74) is 3.67. The molecule has 142 valence electrons. The number of rotatable bonds is 3. The van der Waals surface area contributed by atoms with Crippen molar-refractivity contribution in [3.05, 3.63) is 63.6 Å². The second-order valence-corrected chi connectivity index (χ2v) is 8.22. The van der Waals surface area contributed by atoms with Crippen LogP contribution in [-0.4, -0.2) is 48.5 Å². The van der Waals surface area contributed by atoms with Gasteiger partial charge in [-0.1, -0.05) is 24.3 Å². The van der Waals surface area contributed by atoms with E-state index in [1.807, 2.05) is 23.1 Å². The van der Waals surface area contributed by atoms with Crippen LogP contribution in [-0.2, 0) is 13.0 Å². The molecule has 1 amide bonds. The summed E-state index contributed by atoms with van der Waals surface area (Å²) in [6, 6.07) is 14.9. The first-order valence-corrected chi connectivity index (χ1v) is 10.4. The number of ether oxygens (including phenoxy) is 1. The quantitative estimate of drug-likeness (QED) is 0.736. The Bertz CT molecular complexity index is 831. The van der Waals surface area contributed by atoms with Gasteiger partial charge in [0.05, 0.1) is 11.6 Å². The summed E-state index contributed by atoms with van der Waals surface area (Å²) in [5.74, 6) is 0.858. The van der Waals surface area contributed by atoms with Gasteiger partial charge in [0.25, 0.3) is 5.91 Å². The maximum atomic E-state index is 12.8. The predicted molar refractivity (Wildman–Crippen MR) is 110 cm³/mol. The number of nitrogens with zero attached hydrogens (tertiary/aromatic N) is 2. The van der Waals surface area contributed by atoms with Crippen molar-refractivity contribution in [3.63, 3.8) is 0 Å². The Balaban J connectivity index is 1.36. The molecule has 27 heavy (non-hydrogen) atoms. The van der Waals surface area contributed by atoms with Gasteiger partial charge in [0.2, 0.25) is 0 Å². The first-order valence-electron chi connectivity index (χ1n) is 9.59. The highest BCUT2D eigenvalue weighted by Crippen LogP contribution is 2.28. The van der Waals surface area contributed by atoms with Crippen molar-refractivity contribution in [2.45, 2.75) is 31.8 Å². The van der Waals surface area contributed by atoms with Gasteiger partial charge in [-0.2, -0.15) is 0 Å². The number of hydrogen-bond donors (Lipinski definition) is 0. The first-order chi connectivity index (χ1) is 13.2. The van der Waals surface area contributed by atoms with Crippen molar-refractivity contribution in [2.24, 2.45) is 0 Å². The third kappa shape index (κ3) is 3.90. The van der Waals surface area contributed by atoms with E-state index in [-0.39, 0.29) is 5.91 Å². The fraction of sp³-hybridized carbons (Fsp3) is 0.409. The molecule has 0 radical (unpaired) electrons. The number of carbonyl (C=O) groups is 1. The lowest BCUT2D eigenvalue weighted by molar-refractivity contribution is 0.0599. The molecule has 5 heteroatoms. The molecule has 2 aliphatic rings. The van der Waals surface area contributed by atoms with Gasteiger partial charge in [0.15, 0.2) is 0 Å². The normalized spacial score (nSPS) is 18.2. The summed E-state index contributed by atoms with van der Waals surface area (Å²) < 4.78 is 6.07. The second kappa shape index (κ2) is 8.03. The summed E-state index contributed by atoms with van der Waals surface area (Å²) >= 11 is 3.47. The van der Waals surface area contributed by atoms with E-state index < -0.39 is 0 Å². The molecule has 4 nitrogen and oxygen atoms in total. The van der Waals surface area contributed by atoms with E-state index in [2.05, 4.69) is 45.1 Å². The molecule has 2 heterocycles. The van der Waals surface area contributed by atoms with Crippen molar-refractivity contribution < 1.29 is 9.53 Å². The lowest BCUT2D eigenvalue weighted by Gasteiger charge is -2.40. The summed E-state index contributed by atoms with van der Waals surface area (Å²) in [7, 11) is 1.63. The van der Waals surface area contributed by atoms with Gasteiger partial charge in [0, 0.05) is 37.8 Å². The Morgan fingerprint density at radius 3 is 2.52 bits per heavy atom. The minimum absolute atomic E-state index is 0.112. The maximum absolute atomic E-state index is 12.8. The third-order valence-electron chi connectivity index (χ3n) is 5.83. The average molecular weight is 429 g/mol. The zero-order chi connectivity index (χ0) is 18.8. The number of methoxy groups -OCH3 is 1. The number of fused-ring (bicyclic) bond motifs is 1. The Morgan fingerprint density at radius 2 is 1.81 bits per heavy atom. The van der Waals surface area contributed by atoms with Crippen molar-refractivity contribution in [1.82, 2.24) is 9.80 Å². The van der Waals surface area contributed by atoms with Gasteiger partial charge >= 0.3 is 0 Å². The molecule has 1 saturated heterocycles. The molecule has 0 unspecified atom stereocenters. The molecule has 2 aromatic rings. The van der Waals surface area contributed by atoms with E-state index in [9.17, 15) is 4.79 Å². The highest BCUT2D eigenvalue weighted by Gasteiger charge is 2.29. The molecule has 0 spiro atoms. The standard InChI is InChI=1S/C22H25BrN2O2/c1-27-21-7-6-17(14-20(21)23)22(26)24-12-9-19(10-13-24)25-11-8-16-4-2-3-5-18(16)15-25/h2-7,14,19H,8-13,15H2,1H3. The highest BCUT2D eigenvalue weighted by molar-refractivity contribution is 9.10. The van der Waals surface area contributed by atoms with E-state index in [0.29, 0.717) is 11.6 Å². The highest BCUT2D eigenvalue weighted by atomic mass is 79.9. The minimum Gasteiger partial charge on any atom is -0.496 e. The Kier molecular flexibility index (Phi) is 5.50. The topological polar surface area (TPSA) is 32.8 Å². The molecular formula is C22H25BrN2O2. The van der Waals surface area contributed by atoms with E-state index >= 15 is 0 Å². The predicted octanol–water partition coefficient (Wildman–Crippen LogP) is 4.12. The number of benzene rings is 2. The summed E-state index contributed by atoms with van der Waals surface area (Å²) in [6.45, 7) is 3.82. The SMILES string of the molecule is COc1ccc(C(=O)N2CCC(N3CCc4ccccc4C3)CC2)cc1Br. The summed E-state index contributed by atoms with van der Waals surface area (Å²) in [5, 5.41) is 0. The maximum Gasteiger partial charge on any atom is 0.253 e. The molecule has 0 aliphatic carbocycles. The smallest absolute Gasteiger partial charge is 0.253 e. The van der Waals surface area contributed by atoms with Crippen molar-refractivity contribution >= 4 is 21.8 Å². The van der Waals surface area contributed by atoms with E-state index in [1.54, 1.807) is 7.11 Å². The molecule has 0 N–H and O–H groups in total. The molecule has 4 rings (SSSR count). The summed E-state index contributed by atoms with van der Waals surface area (Å²) in [4.78, 5) is 17.4. The van der Waals surface area contributed by atoms with Crippen molar-refractivity contribution in [2.75, 3.05) is 26.7 Å². The lowest BCUT2D eigenvalue weighted by atomic mass is 9.95. The molecular weight excluding hydrogens is 404 g/mol. The number of likely N-dealkylation sites (tertiary alicyclic amines) is 1. The van der Waals surface area contributed by atoms with Crippen LogP contribution in [0, 0.1) is 0 Å². The number of halogens is 1. The van der Waals surface area contributed by atoms with E-state index in [4.69, 9.17) is 4.74 Å². The fourth-order valence-electron chi connectivity index (χ4n) is 4.25. The van der Waals surface area contributed by atoms with Crippen LogP contribution in [0.2, 0.25) is 0 Å². The van der Waals surface area contributed by atoms with Crippen LogP contribution in [0.5, 0.6) is 5.75 Å². The zero-order valence-electron chi connectivity index (χ0n) is 15.7. The van der Waals surface area contributed by atoms with Gasteiger partial charge in [-0.15, -0.1) is 0 Å². The van der Waals surface area contributed by atoms with Crippen LogP contribution in [0.3, 0.4) is 0 Å². The molecule has 1 fully saturated rings. The lowest BCUT2D eigenvalue weighted by Crippen LogP contribution is -2.48. The Labute approximate surface area is 169 Å². The molecule has 0 atom stereocenters. The molecule has 2 aromatic carbocycles. The summed E-state index contributed by atoms with van der Waals surface area (Å²) in [6.07, 6.45) is 3.23. The van der Waals surface area contributed by atoms with Gasteiger partial charge in [0.1, 0.15) is 5.75 Å². The van der Waals surface area contributed by atoms with Crippen LogP contribution < -0.4 is 4.74 Å². The third-order valence-corrected chi connectivity index (χ3v) is 6.45. The molecule has 2 aliphatic heterocycles. The monoisotopic (exact) mass is 428 g/mol. The van der Waals surface area contributed by atoms with Crippen molar-refractivity contribution in [3.8, 4) is 5.75 Å². The van der Waals surface area contributed by atoms with E-state index in [0.717, 1.165) is 55.7 Å². The van der Waals surface area contributed by atoms with Crippen LogP contribution in [0.1, 0.15) is 34.3 Å². The number of hydrogen-bond acceptors (Lipinski definition) is 3. The van der Waals surface area contributed by atoms with Gasteiger partial charge < -0.3 is 9.64 Å². The minimum atomic E-state index is 0.112. The van der Waals surface area contributed by atoms with Gasteiger partial charge in [-0.05, 0) is 64.5 Å². The number of amides is 1. The Morgan fingerprint density at radius 1 is 1.07 bits per heavy atom. The van der Waals surface area contributed by atoms with Crippen LogP contribution >= 0.6 is 15.9 Å². The first kappa shape index (κ1) is 18.5. The van der Waals surface area contributed by atoms with Gasteiger partial charge in [-0.3, -0.25) is 9.69 Å². The number of piperidine rings is 1. The largest absolute Gasteiger partial charge is 0.496 e. The number of carbonyl (C=O) groups excluding carboxylic acids is 1. The van der Waals surface area contributed by atoms with Crippen LogP contribution in [0.15, 0.2) is 46.9 Å². The van der Waals surface area contributed by atoms with Crippen LogP contribution in [0.25, 0.3) is 0 Å². The molecule has 0 bridgehead atoms. The molecule has 0 saturated carbocycles.